The van der Waals surface area contributed by atoms with Crippen LogP contribution in [-0.2, 0) is 4.79 Å². The normalized spacial score (nSPS) is 19.4. The number of methoxy groups -OCH3 is 1. The van der Waals surface area contributed by atoms with Gasteiger partial charge in [-0.05, 0) is 50.3 Å². The fourth-order valence-electron chi connectivity index (χ4n) is 2.20. The Bertz CT molecular complexity index is 450. The summed E-state index contributed by atoms with van der Waals surface area (Å²) in [6, 6.07) is 7.63. The Labute approximate surface area is 114 Å². The molecule has 1 aliphatic rings. The molecule has 2 atom stereocenters. The molecule has 1 aromatic rings. The predicted octanol–water partition coefficient (Wildman–Crippen LogP) is 2.00. The lowest BCUT2D eigenvalue weighted by molar-refractivity contribution is -0.127. The number of carbonyl (C=O) groups is 1. The molecule has 19 heavy (non-hydrogen) atoms. The zero-order chi connectivity index (χ0) is 14.0. The van der Waals surface area contributed by atoms with Crippen LogP contribution < -0.4 is 15.8 Å². The molecule has 4 nitrogen and oxygen atoms in total. The van der Waals surface area contributed by atoms with E-state index in [1.165, 1.54) is 0 Å². The van der Waals surface area contributed by atoms with Crippen LogP contribution in [0.1, 0.15) is 38.3 Å². The van der Waals surface area contributed by atoms with E-state index in [9.17, 15) is 4.79 Å². The van der Waals surface area contributed by atoms with E-state index in [0.29, 0.717) is 5.92 Å². The first kappa shape index (κ1) is 13.9. The van der Waals surface area contributed by atoms with Gasteiger partial charge in [-0.25, -0.2) is 0 Å². The summed E-state index contributed by atoms with van der Waals surface area (Å²) in [5.74, 6) is 1.07. The van der Waals surface area contributed by atoms with Crippen molar-refractivity contribution in [1.29, 1.82) is 0 Å². The van der Waals surface area contributed by atoms with E-state index < -0.39 is 5.54 Å². The third-order valence-electron chi connectivity index (χ3n) is 3.88. The van der Waals surface area contributed by atoms with Crippen molar-refractivity contribution in [2.24, 2.45) is 11.7 Å². The lowest BCUT2D eigenvalue weighted by Gasteiger charge is -2.26. The van der Waals surface area contributed by atoms with Crippen molar-refractivity contribution < 1.29 is 9.53 Å². The maximum atomic E-state index is 12.2. The molecule has 1 amide bonds. The Balaban J connectivity index is 1.99. The molecule has 104 valence electrons. The second-order valence-electron chi connectivity index (χ2n) is 5.53. The van der Waals surface area contributed by atoms with Crippen LogP contribution in [0.3, 0.4) is 0 Å². The van der Waals surface area contributed by atoms with Crippen LogP contribution >= 0.6 is 0 Å². The molecule has 0 saturated heterocycles. The topological polar surface area (TPSA) is 64.3 Å². The van der Waals surface area contributed by atoms with E-state index >= 15 is 0 Å². The van der Waals surface area contributed by atoms with E-state index in [1.807, 2.05) is 38.1 Å². The molecular formula is C15H22N2O2. The second kappa shape index (κ2) is 5.21. The van der Waals surface area contributed by atoms with Crippen LogP contribution in [-0.4, -0.2) is 18.6 Å². The molecule has 1 unspecified atom stereocenters. The number of nitrogens with one attached hydrogen (secondary N) is 1. The van der Waals surface area contributed by atoms with Gasteiger partial charge in [-0.1, -0.05) is 12.1 Å². The molecule has 0 aromatic heterocycles. The Morgan fingerprint density at radius 3 is 2.47 bits per heavy atom. The van der Waals surface area contributed by atoms with Crippen LogP contribution in [0.25, 0.3) is 0 Å². The zero-order valence-electron chi connectivity index (χ0n) is 11.8. The van der Waals surface area contributed by atoms with Crippen LogP contribution in [0.15, 0.2) is 24.3 Å². The van der Waals surface area contributed by atoms with Crippen LogP contribution in [0.5, 0.6) is 5.75 Å². The van der Waals surface area contributed by atoms with E-state index in [0.717, 1.165) is 24.2 Å². The summed E-state index contributed by atoms with van der Waals surface area (Å²) in [6.45, 7) is 3.78. The smallest absolute Gasteiger partial charge is 0.240 e. The van der Waals surface area contributed by atoms with Gasteiger partial charge in [0, 0.05) is 0 Å². The summed E-state index contributed by atoms with van der Waals surface area (Å²) in [6.07, 6.45) is 2.11. The van der Waals surface area contributed by atoms with E-state index in [2.05, 4.69) is 5.32 Å². The van der Waals surface area contributed by atoms with Crippen LogP contribution in [0.2, 0.25) is 0 Å². The number of carbonyl (C=O) groups excluding carboxylic acids is 1. The van der Waals surface area contributed by atoms with E-state index in [1.54, 1.807) is 7.11 Å². The van der Waals surface area contributed by atoms with Crippen LogP contribution in [0.4, 0.5) is 0 Å². The molecule has 0 bridgehead atoms. The van der Waals surface area contributed by atoms with Gasteiger partial charge in [0.2, 0.25) is 5.91 Å². The summed E-state index contributed by atoms with van der Waals surface area (Å²) in [4.78, 5) is 12.2. The second-order valence-corrected chi connectivity index (χ2v) is 5.53. The van der Waals surface area contributed by atoms with Gasteiger partial charge < -0.3 is 15.8 Å². The molecule has 4 heteroatoms. The van der Waals surface area contributed by atoms with Gasteiger partial charge in [-0.3, -0.25) is 4.79 Å². The van der Waals surface area contributed by atoms with Crippen molar-refractivity contribution in [2.75, 3.05) is 7.11 Å². The van der Waals surface area contributed by atoms with Gasteiger partial charge in [0.1, 0.15) is 5.75 Å². The minimum atomic E-state index is -0.749. The molecular weight excluding hydrogens is 240 g/mol. The van der Waals surface area contributed by atoms with Crippen LogP contribution in [0, 0.1) is 5.92 Å². The quantitative estimate of drug-likeness (QED) is 0.853. The number of hydrogen-bond acceptors (Lipinski definition) is 3. The van der Waals surface area contributed by atoms with Crippen molar-refractivity contribution in [2.45, 2.75) is 38.3 Å². The molecule has 1 aliphatic carbocycles. The summed E-state index contributed by atoms with van der Waals surface area (Å²) in [5.41, 5.74) is 6.40. The highest BCUT2D eigenvalue weighted by atomic mass is 16.5. The fourth-order valence-corrected chi connectivity index (χ4v) is 2.20. The molecule has 0 aliphatic heterocycles. The molecule has 3 N–H and O–H groups in total. The molecule has 2 rings (SSSR count). The van der Waals surface area contributed by atoms with Crippen molar-refractivity contribution in [3.63, 3.8) is 0 Å². The Kier molecular flexibility index (Phi) is 3.80. The van der Waals surface area contributed by atoms with E-state index in [4.69, 9.17) is 10.5 Å². The molecule has 1 aromatic carbocycles. The lowest BCUT2D eigenvalue weighted by Crippen LogP contribution is -2.53. The number of hydrogen-bond donors (Lipinski definition) is 2. The highest BCUT2D eigenvalue weighted by Crippen LogP contribution is 2.38. The predicted molar refractivity (Wildman–Crippen MR) is 74.9 cm³/mol. The number of rotatable bonds is 5. The first-order chi connectivity index (χ1) is 8.95. The minimum absolute atomic E-state index is 0.0555. The highest BCUT2D eigenvalue weighted by molar-refractivity contribution is 5.86. The van der Waals surface area contributed by atoms with E-state index in [-0.39, 0.29) is 11.9 Å². The summed E-state index contributed by atoms with van der Waals surface area (Å²) < 4.78 is 5.12. The Morgan fingerprint density at radius 1 is 1.42 bits per heavy atom. The van der Waals surface area contributed by atoms with Crippen molar-refractivity contribution in [1.82, 2.24) is 5.32 Å². The lowest BCUT2D eigenvalue weighted by atomic mass is 9.95. The van der Waals surface area contributed by atoms with Gasteiger partial charge in [0.05, 0.1) is 18.7 Å². The first-order valence-electron chi connectivity index (χ1n) is 6.69. The minimum Gasteiger partial charge on any atom is -0.497 e. The number of amides is 1. The number of ether oxygens (including phenoxy) is 1. The molecule has 1 saturated carbocycles. The standard InChI is InChI=1S/C15H22N2O2/c1-10(11-4-8-13(19-3)9-5-11)17-14(18)15(2,16)12-6-7-12/h4-5,8-10,12H,6-7,16H2,1-3H3,(H,17,18)/t10-,15?/m1/s1. The van der Waals surface area contributed by atoms with Crippen molar-refractivity contribution >= 4 is 5.91 Å². The SMILES string of the molecule is COc1ccc([C@@H](C)NC(=O)C(C)(N)C2CC2)cc1. The maximum absolute atomic E-state index is 12.2. The number of nitrogens with two attached hydrogens (primary N) is 1. The maximum Gasteiger partial charge on any atom is 0.240 e. The van der Waals surface area contributed by atoms with Gasteiger partial charge in [0.25, 0.3) is 0 Å². The largest absolute Gasteiger partial charge is 0.497 e. The summed E-state index contributed by atoms with van der Waals surface area (Å²) in [5, 5.41) is 2.99. The summed E-state index contributed by atoms with van der Waals surface area (Å²) in [7, 11) is 1.63. The molecule has 0 radical (unpaired) electrons. The highest BCUT2D eigenvalue weighted by Gasteiger charge is 2.44. The molecule has 0 heterocycles. The van der Waals surface area contributed by atoms with Gasteiger partial charge in [-0.2, -0.15) is 0 Å². The van der Waals surface area contributed by atoms with Crippen molar-refractivity contribution in [3.8, 4) is 5.75 Å². The van der Waals surface area contributed by atoms with Gasteiger partial charge in [0.15, 0.2) is 0 Å². The summed E-state index contributed by atoms with van der Waals surface area (Å²) >= 11 is 0. The Morgan fingerprint density at radius 2 is 2.00 bits per heavy atom. The number of benzene rings is 1. The average molecular weight is 262 g/mol. The molecule has 0 spiro atoms. The van der Waals surface area contributed by atoms with Gasteiger partial charge in [-0.15, -0.1) is 0 Å². The van der Waals surface area contributed by atoms with Crippen molar-refractivity contribution in [3.05, 3.63) is 29.8 Å². The monoisotopic (exact) mass is 262 g/mol. The zero-order valence-corrected chi connectivity index (χ0v) is 11.8. The van der Waals surface area contributed by atoms with Gasteiger partial charge >= 0.3 is 0 Å². The first-order valence-corrected chi connectivity index (χ1v) is 6.69. The fraction of sp³-hybridized carbons (Fsp3) is 0.533. The molecule has 1 fully saturated rings. The Hall–Kier alpha value is -1.55. The third-order valence-corrected chi connectivity index (χ3v) is 3.88. The third kappa shape index (κ3) is 3.07. The average Bonchev–Trinajstić information content (AvgIpc) is 3.23.